The van der Waals surface area contributed by atoms with Crippen LogP contribution in [-0.4, -0.2) is 29.3 Å². The molecule has 2 aliphatic rings. The molecule has 0 atom stereocenters. The van der Waals surface area contributed by atoms with Crippen molar-refractivity contribution in [2.24, 2.45) is 0 Å². The molecule has 4 aromatic rings. The quantitative estimate of drug-likeness (QED) is 0.471. The zero-order valence-electron chi connectivity index (χ0n) is 17.9. The second-order valence-corrected chi connectivity index (χ2v) is 8.25. The SMILES string of the molecule is Cc1ccc2c(c1)CCn1c-2nc(-c2ccc(F)c(C)n2)c1C1=CCn2ncnc2C=C1. The Labute approximate surface area is 184 Å². The topological polar surface area (TPSA) is 61.4 Å². The van der Waals surface area contributed by atoms with Crippen molar-refractivity contribution in [2.75, 3.05) is 0 Å². The summed E-state index contributed by atoms with van der Waals surface area (Å²) in [7, 11) is 0. The first kappa shape index (κ1) is 18.9. The van der Waals surface area contributed by atoms with Crippen molar-refractivity contribution in [3.05, 3.63) is 83.0 Å². The molecular weight excluding hydrogens is 403 g/mol. The highest BCUT2D eigenvalue weighted by Gasteiger charge is 2.27. The predicted molar refractivity (Wildman–Crippen MR) is 121 cm³/mol. The molecule has 0 saturated carbocycles. The van der Waals surface area contributed by atoms with Crippen LogP contribution in [0.4, 0.5) is 4.39 Å². The van der Waals surface area contributed by atoms with E-state index >= 15 is 0 Å². The largest absolute Gasteiger partial charge is 0.323 e. The summed E-state index contributed by atoms with van der Waals surface area (Å²) in [6.45, 7) is 5.23. The maximum atomic E-state index is 14.0. The van der Waals surface area contributed by atoms with E-state index in [0.29, 0.717) is 17.9 Å². The molecule has 32 heavy (non-hydrogen) atoms. The Morgan fingerprint density at radius 1 is 1.03 bits per heavy atom. The molecule has 0 aliphatic carbocycles. The molecule has 0 bridgehead atoms. The molecule has 0 radical (unpaired) electrons. The van der Waals surface area contributed by atoms with Crippen molar-refractivity contribution >= 4 is 11.6 Å². The van der Waals surface area contributed by atoms with Gasteiger partial charge in [-0.15, -0.1) is 0 Å². The van der Waals surface area contributed by atoms with Crippen LogP contribution in [0, 0.1) is 19.7 Å². The van der Waals surface area contributed by atoms with Gasteiger partial charge in [0.2, 0.25) is 0 Å². The number of aryl methyl sites for hydroxylation is 3. The summed E-state index contributed by atoms with van der Waals surface area (Å²) in [4.78, 5) is 13.9. The van der Waals surface area contributed by atoms with E-state index in [1.807, 2.05) is 10.8 Å². The van der Waals surface area contributed by atoms with E-state index in [4.69, 9.17) is 4.98 Å². The molecule has 7 heteroatoms. The lowest BCUT2D eigenvalue weighted by Crippen LogP contribution is -2.13. The molecule has 1 aromatic carbocycles. The third-order valence-electron chi connectivity index (χ3n) is 6.15. The third kappa shape index (κ3) is 2.92. The summed E-state index contributed by atoms with van der Waals surface area (Å²) in [6.07, 6.45) is 8.66. The van der Waals surface area contributed by atoms with Crippen molar-refractivity contribution in [3.63, 3.8) is 0 Å². The van der Waals surface area contributed by atoms with Crippen molar-refractivity contribution in [1.29, 1.82) is 0 Å². The van der Waals surface area contributed by atoms with Crippen molar-refractivity contribution in [2.45, 2.75) is 33.4 Å². The number of fused-ring (bicyclic) bond motifs is 4. The van der Waals surface area contributed by atoms with Crippen LogP contribution >= 0.6 is 0 Å². The van der Waals surface area contributed by atoms with Crippen LogP contribution < -0.4 is 0 Å². The van der Waals surface area contributed by atoms with E-state index in [-0.39, 0.29) is 5.82 Å². The van der Waals surface area contributed by atoms with Crippen LogP contribution in [0.1, 0.15) is 28.3 Å². The molecule has 5 heterocycles. The highest BCUT2D eigenvalue weighted by atomic mass is 19.1. The molecular formula is C25H21FN6. The van der Waals surface area contributed by atoms with Gasteiger partial charge in [0, 0.05) is 12.1 Å². The molecule has 0 unspecified atom stereocenters. The fourth-order valence-electron chi connectivity index (χ4n) is 4.54. The number of imidazole rings is 1. The zero-order chi connectivity index (χ0) is 21.8. The van der Waals surface area contributed by atoms with Crippen molar-refractivity contribution < 1.29 is 4.39 Å². The molecule has 6 rings (SSSR count). The number of nitrogens with zero attached hydrogens (tertiary/aromatic N) is 6. The fourth-order valence-corrected chi connectivity index (χ4v) is 4.54. The Bertz CT molecular complexity index is 1440. The van der Waals surface area contributed by atoms with Crippen LogP contribution in [0.15, 0.2) is 48.8 Å². The lowest BCUT2D eigenvalue weighted by Gasteiger charge is -2.21. The van der Waals surface area contributed by atoms with E-state index < -0.39 is 0 Å². The third-order valence-corrected chi connectivity index (χ3v) is 6.15. The van der Waals surface area contributed by atoms with Crippen LogP contribution in [0.2, 0.25) is 0 Å². The number of hydrogen-bond donors (Lipinski definition) is 0. The summed E-state index contributed by atoms with van der Waals surface area (Å²) < 4.78 is 18.1. The summed E-state index contributed by atoms with van der Waals surface area (Å²) >= 11 is 0. The second kappa shape index (κ2) is 7.09. The van der Waals surface area contributed by atoms with E-state index in [2.05, 4.69) is 56.9 Å². The lowest BCUT2D eigenvalue weighted by molar-refractivity contribution is 0.610. The van der Waals surface area contributed by atoms with Gasteiger partial charge in [0.15, 0.2) is 5.82 Å². The van der Waals surface area contributed by atoms with Gasteiger partial charge < -0.3 is 4.57 Å². The van der Waals surface area contributed by atoms with Gasteiger partial charge in [0.05, 0.1) is 23.6 Å². The second-order valence-electron chi connectivity index (χ2n) is 8.25. The number of allylic oxidation sites excluding steroid dienone is 3. The average Bonchev–Trinajstić information content (AvgIpc) is 3.35. The first-order chi connectivity index (χ1) is 15.6. The van der Waals surface area contributed by atoms with Gasteiger partial charge >= 0.3 is 0 Å². The van der Waals surface area contributed by atoms with Gasteiger partial charge in [-0.3, -0.25) is 0 Å². The van der Waals surface area contributed by atoms with Gasteiger partial charge in [-0.05, 0) is 55.7 Å². The Morgan fingerprint density at radius 2 is 1.94 bits per heavy atom. The smallest absolute Gasteiger partial charge is 0.151 e. The first-order valence-corrected chi connectivity index (χ1v) is 10.7. The summed E-state index contributed by atoms with van der Waals surface area (Å²) in [6, 6.07) is 9.69. The molecule has 0 amide bonds. The lowest BCUT2D eigenvalue weighted by atomic mass is 9.98. The normalized spacial score (nSPS) is 14.4. The number of hydrogen-bond acceptors (Lipinski definition) is 4. The summed E-state index contributed by atoms with van der Waals surface area (Å²) in [5, 5.41) is 4.29. The summed E-state index contributed by atoms with van der Waals surface area (Å²) in [5.74, 6) is 1.42. The molecule has 158 valence electrons. The molecule has 0 N–H and O–H groups in total. The average molecular weight is 424 g/mol. The van der Waals surface area contributed by atoms with Gasteiger partial charge in [-0.25, -0.2) is 24.0 Å². The number of aromatic nitrogens is 6. The molecule has 0 saturated heterocycles. The molecule has 0 spiro atoms. The molecule has 2 aliphatic heterocycles. The molecule has 0 fully saturated rings. The first-order valence-electron chi connectivity index (χ1n) is 10.7. The summed E-state index contributed by atoms with van der Waals surface area (Å²) in [5.41, 5.74) is 7.52. The van der Waals surface area contributed by atoms with Crippen LogP contribution in [-0.2, 0) is 19.5 Å². The van der Waals surface area contributed by atoms with Gasteiger partial charge in [0.25, 0.3) is 0 Å². The highest BCUT2D eigenvalue weighted by molar-refractivity contribution is 5.86. The maximum absolute atomic E-state index is 14.0. The van der Waals surface area contributed by atoms with Crippen LogP contribution in [0.5, 0.6) is 0 Å². The Morgan fingerprint density at radius 3 is 2.81 bits per heavy atom. The molecule has 3 aromatic heterocycles. The Balaban J connectivity index is 1.58. The minimum atomic E-state index is -0.315. The Kier molecular flexibility index (Phi) is 4.18. The molecule has 6 nitrogen and oxygen atoms in total. The van der Waals surface area contributed by atoms with Crippen molar-refractivity contribution in [3.8, 4) is 22.8 Å². The standard InChI is InChI=1S/C25H21FN6/c1-15-3-5-19-18(13-15)9-11-31-24(17-4-8-22-27-14-28-32(22)12-10-17)23(30-25(19)31)21-7-6-20(26)16(2)29-21/h3-8,10,13-14H,9,11-12H2,1-2H3. The number of halogens is 1. The predicted octanol–water partition coefficient (Wildman–Crippen LogP) is 4.63. The van der Waals surface area contributed by atoms with Gasteiger partial charge in [-0.1, -0.05) is 29.8 Å². The van der Waals surface area contributed by atoms with Gasteiger partial charge in [-0.2, -0.15) is 5.10 Å². The fraction of sp³-hybridized carbons (Fsp3) is 0.200. The van der Waals surface area contributed by atoms with Crippen molar-refractivity contribution in [1.82, 2.24) is 29.3 Å². The van der Waals surface area contributed by atoms with E-state index in [1.54, 1.807) is 19.3 Å². The number of pyridine rings is 1. The minimum Gasteiger partial charge on any atom is -0.323 e. The number of rotatable bonds is 2. The Hall–Kier alpha value is -3.87. The minimum absolute atomic E-state index is 0.315. The van der Waals surface area contributed by atoms with E-state index in [0.717, 1.165) is 47.1 Å². The monoisotopic (exact) mass is 424 g/mol. The van der Waals surface area contributed by atoms with E-state index in [1.165, 1.54) is 17.2 Å². The zero-order valence-corrected chi connectivity index (χ0v) is 17.9. The van der Waals surface area contributed by atoms with Crippen LogP contribution in [0.25, 0.3) is 34.4 Å². The maximum Gasteiger partial charge on any atom is 0.151 e. The van der Waals surface area contributed by atoms with E-state index in [9.17, 15) is 4.39 Å². The van der Waals surface area contributed by atoms with Crippen LogP contribution in [0.3, 0.4) is 0 Å². The highest BCUT2D eigenvalue weighted by Crippen LogP contribution is 2.38. The number of benzene rings is 1. The van der Waals surface area contributed by atoms with Gasteiger partial charge in [0.1, 0.15) is 23.7 Å².